The number of nitrogens with zero attached hydrogens (tertiary/aromatic N) is 1. The largest absolute Gasteiger partial charge is 0.478 e. The Morgan fingerprint density at radius 1 is 1.67 bits per heavy atom. The molecule has 82 valence electrons. The van der Waals surface area contributed by atoms with Crippen LogP contribution in [0.25, 0.3) is 0 Å². The number of alkyl halides is 2. The summed E-state index contributed by atoms with van der Waals surface area (Å²) in [7, 11) is 0. The number of hydrogen-bond acceptors (Lipinski definition) is 3. The predicted molar refractivity (Wildman–Crippen MR) is 56.8 cm³/mol. The molecule has 7 heteroatoms. The maximum absolute atomic E-state index is 12.5. The Morgan fingerprint density at radius 3 is 2.67 bits per heavy atom. The minimum absolute atomic E-state index is 0.0137. The lowest BCUT2D eigenvalue weighted by Gasteiger charge is -2.08. The molecular formula is C8H7F2IN2O2. The fourth-order valence-corrected chi connectivity index (χ4v) is 1.90. The van der Waals surface area contributed by atoms with E-state index >= 15 is 0 Å². The highest BCUT2D eigenvalue weighted by Gasteiger charge is 2.22. The first-order valence-corrected chi connectivity index (χ1v) is 4.96. The summed E-state index contributed by atoms with van der Waals surface area (Å²) in [6.07, 6.45) is -2.86. The molecule has 1 rings (SSSR count). The molecule has 1 aromatic heterocycles. The predicted octanol–water partition coefficient (Wildman–Crippen LogP) is 1.78. The molecule has 0 aliphatic heterocycles. The first kappa shape index (κ1) is 12.2. The molecule has 0 saturated carbocycles. The summed E-state index contributed by atoms with van der Waals surface area (Å²) in [5.41, 5.74) is 4.55. The van der Waals surface area contributed by atoms with Gasteiger partial charge in [-0.25, -0.2) is 18.6 Å². The molecule has 0 aromatic carbocycles. The van der Waals surface area contributed by atoms with Gasteiger partial charge >= 0.3 is 5.97 Å². The maximum Gasteiger partial charge on any atom is 0.336 e. The van der Waals surface area contributed by atoms with Gasteiger partial charge in [-0.3, -0.25) is 0 Å². The van der Waals surface area contributed by atoms with E-state index in [2.05, 4.69) is 4.98 Å². The minimum atomic E-state index is -2.86. The molecule has 0 atom stereocenters. The van der Waals surface area contributed by atoms with Crippen LogP contribution in [-0.4, -0.2) is 16.1 Å². The van der Waals surface area contributed by atoms with Crippen LogP contribution >= 0.6 is 22.6 Å². The molecule has 4 nitrogen and oxygen atoms in total. The van der Waals surface area contributed by atoms with Crippen molar-refractivity contribution in [3.63, 3.8) is 0 Å². The number of carboxylic acid groups (broad SMARTS) is 1. The van der Waals surface area contributed by atoms with E-state index in [-0.39, 0.29) is 15.9 Å². The molecular weight excluding hydrogens is 321 g/mol. The molecule has 0 aliphatic rings. The summed E-state index contributed by atoms with van der Waals surface area (Å²) in [6.45, 7) is 0.0137. The van der Waals surface area contributed by atoms with Crippen molar-refractivity contribution in [2.24, 2.45) is 5.73 Å². The van der Waals surface area contributed by atoms with Crippen molar-refractivity contribution < 1.29 is 18.7 Å². The molecule has 0 bridgehead atoms. The highest BCUT2D eigenvalue weighted by molar-refractivity contribution is 14.1. The third-order valence-electron chi connectivity index (χ3n) is 1.72. The van der Waals surface area contributed by atoms with Crippen LogP contribution in [0, 0.1) is 3.70 Å². The lowest BCUT2D eigenvalue weighted by Crippen LogP contribution is -2.11. The second kappa shape index (κ2) is 4.79. The molecule has 0 fully saturated rings. The zero-order chi connectivity index (χ0) is 11.6. The van der Waals surface area contributed by atoms with E-state index in [0.717, 1.165) is 6.07 Å². The van der Waals surface area contributed by atoms with Crippen LogP contribution in [0.2, 0.25) is 0 Å². The lowest BCUT2D eigenvalue weighted by atomic mass is 10.1. The maximum atomic E-state index is 12.5. The zero-order valence-electron chi connectivity index (χ0n) is 7.38. The van der Waals surface area contributed by atoms with Crippen LogP contribution < -0.4 is 5.73 Å². The fraction of sp³-hybridized carbons (Fsp3) is 0.250. The molecule has 0 aliphatic carbocycles. The summed E-state index contributed by atoms with van der Waals surface area (Å²) in [5, 5.41) is 8.75. The SMILES string of the molecule is NCc1cc(C(=O)O)c(C(F)F)c(I)n1. The first-order chi connectivity index (χ1) is 6.97. The number of nitrogens with two attached hydrogens (primary N) is 1. The Kier molecular flexibility index (Phi) is 3.91. The normalized spacial score (nSPS) is 10.7. The van der Waals surface area contributed by atoms with Gasteiger partial charge in [0.05, 0.1) is 16.8 Å². The van der Waals surface area contributed by atoms with E-state index in [9.17, 15) is 13.6 Å². The Hall–Kier alpha value is -0.830. The number of rotatable bonds is 3. The summed E-state index contributed by atoms with van der Waals surface area (Å²) >= 11 is 1.57. The van der Waals surface area contributed by atoms with Crippen molar-refractivity contribution in [2.75, 3.05) is 0 Å². The highest BCUT2D eigenvalue weighted by Crippen LogP contribution is 2.27. The number of carboxylic acids is 1. The molecule has 0 saturated heterocycles. The van der Waals surface area contributed by atoms with Crippen LogP contribution in [0.4, 0.5) is 8.78 Å². The first-order valence-electron chi connectivity index (χ1n) is 3.88. The Morgan fingerprint density at radius 2 is 2.27 bits per heavy atom. The fourth-order valence-electron chi connectivity index (χ4n) is 1.06. The van der Waals surface area contributed by atoms with Crippen LogP contribution in [0.15, 0.2) is 6.07 Å². The molecule has 1 aromatic rings. The average Bonchev–Trinajstić information content (AvgIpc) is 2.15. The van der Waals surface area contributed by atoms with E-state index in [1.165, 1.54) is 0 Å². The molecule has 0 spiro atoms. The van der Waals surface area contributed by atoms with E-state index < -0.39 is 23.5 Å². The standard InChI is InChI=1S/C8H7F2IN2O2/c9-6(10)5-4(8(14)15)1-3(2-12)13-7(5)11/h1,6H,2,12H2,(H,14,15). The Labute approximate surface area is 97.6 Å². The second-order valence-corrected chi connectivity index (χ2v) is 3.70. The van der Waals surface area contributed by atoms with Crippen molar-refractivity contribution in [1.82, 2.24) is 4.98 Å². The number of hydrogen-bond donors (Lipinski definition) is 2. The number of aromatic nitrogens is 1. The molecule has 0 radical (unpaired) electrons. The lowest BCUT2D eigenvalue weighted by molar-refractivity contribution is 0.0683. The third-order valence-corrected chi connectivity index (χ3v) is 2.55. The Balaban J connectivity index is 3.42. The van der Waals surface area contributed by atoms with Crippen LogP contribution in [-0.2, 0) is 6.54 Å². The topological polar surface area (TPSA) is 76.2 Å². The minimum Gasteiger partial charge on any atom is -0.478 e. The van der Waals surface area contributed by atoms with Crippen LogP contribution in [0.1, 0.15) is 28.0 Å². The number of pyridine rings is 1. The summed E-state index contributed by atoms with van der Waals surface area (Å²) in [5.74, 6) is -1.40. The average molecular weight is 328 g/mol. The van der Waals surface area contributed by atoms with Gasteiger partial charge in [-0.1, -0.05) is 0 Å². The van der Waals surface area contributed by atoms with Gasteiger partial charge in [-0.2, -0.15) is 0 Å². The number of carbonyl (C=O) groups is 1. The third kappa shape index (κ3) is 2.59. The van der Waals surface area contributed by atoms with Gasteiger partial charge < -0.3 is 10.8 Å². The second-order valence-electron chi connectivity index (χ2n) is 2.68. The molecule has 0 amide bonds. The van der Waals surface area contributed by atoms with E-state index in [1.807, 2.05) is 0 Å². The van der Waals surface area contributed by atoms with Gasteiger partial charge in [-0.05, 0) is 28.7 Å². The Bertz CT molecular complexity index is 398. The quantitative estimate of drug-likeness (QED) is 0.655. The molecule has 15 heavy (non-hydrogen) atoms. The van der Waals surface area contributed by atoms with Gasteiger partial charge in [-0.15, -0.1) is 0 Å². The summed E-state index contributed by atoms with van der Waals surface area (Å²) in [4.78, 5) is 14.5. The van der Waals surface area contributed by atoms with Gasteiger partial charge in [0, 0.05) is 6.54 Å². The molecule has 3 N–H and O–H groups in total. The molecule has 0 unspecified atom stereocenters. The van der Waals surface area contributed by atoms with Crippen molar-refractivity contribution in [1.29, 1.82) is 0 Å². The summed E-state index contributed by atoms with van der Waals surface area (Å²) < 4.78 is 25.1. The highest BCUT2D eigenvalue weighted by atomic mass is 127. The van der Waals surface area contributed by atoms with Gasteiger partial charge in [0.15, 0.2) is 0 Å². The van der Waals surface area contributed by atoms with Crippen LogP contribution in [0.5, 0.6) is 0 Å². The van der Waals surface area contributed by atoms with Gasteiger partial charge in [0.25, 0.3) is 6.43 Å². The number of aromatic carboxylic acids is 1. The van der Waals surface area contributed by atoms with E-state index in [0.29, 0.717) is 0 Å². The monoisotopic (exact) mass is 328 g/mol. The van der Waals surface area contributed by atoms with Crippen LogP contribution in [0.3, 0.4) is 0 Å². The number of halogens is 3. The van der Waals surface area contributed by atoms with Gasteiger partial charge in [0.2, 0.25) is 0 Å². The zero-order valence-corrected chi connectivity index (χ0v) is 9.53. The van der Waals surface area contributed by atoms with Crippen molar-refractivity contribution in [2.45, 2.75) is 13.0 Å². The summed E-state index contributed by atoms with van der Waals surface area (Å²) in [6, 6.07) is 1.08. The smallest absolute Gasteiger partial charge is 0.336 e. The van der Waals surface area contributed by atoms with Crippen molar-refractivity contribution in [3.05, 3.63) is 26.6 Å². The van der Waals surface area contributed by atoms with Gasteiger partial charge in [0.1, 0.15) is 3.70 Å². The van der Waals surface area contributed by atoms with E-state index in [4.69, 9.17) is 10.8 Å². The molecule has 1 heterocycles. The van der Waals surface area contributed by atoms with Crippen molar-refractivity contribution in [3.8, 4) is 0 Å². The van der Waals surface area contributed by atoms with E-state index in [1.54, 1.807) is 22.6 Å². The van der Waals surface area contributed by atoms with Crippen molar-refractivity contribution >= 4 is 28.6 Å².